The molecule has 1 unspecified atom stereocenters. The van der Waals surface area contributed by atoms with Crippen LogP contribution in [0, 0.1) is 11.3 Å². The number of aromatic nitrogens is 2. The first kappa shape index (κ1) is 13.8. The Morgan fingerprint density at radius 1 is 1.35 bits per heavy atom. The fourth-order valence-electron chi connectivity index (χ4n) is 3.50. The van der Waals surface area contributed by atoms with Gasteiger partial charge in [0.15, 0.2) is 0 Å². The van der Waals surface area contributed by atoms with Gasteiger partial charge in [-0.15, -0.1) is 10.2 Å². The van der Waals surface area contributed by atoms with Gasteiger partial charge < -0.3 is 9.80 Å². The van der Waals surface area contributed by atoms with Crippen LogP contribution in [0.1, 0.15) is 33.1 Å². The average molecular weight is 294 g/mol. The van der Waals surface area contributed by atoms with E-state index in [1.165, 1.54) is 12.8 Å². The summed E-state index contributed by atoms with van der Waals surface area (Å²) in [7, 11) is 0. The highest BCUT2D eigenvalue weighted by atomic mass is 32.1. The third-order valence-electron chi connectivity index (χ3n) is 4.52. The first-order valence-electron chi connectivity index (χ1n) is 7.40. The van der Waals surface area contributed by atoms with Gasteiger partial charge in [0.1, 0.15) is 5.51 Å². The molecule has 3 heterocycles. The van der Waals surface area contributed by atoms with Crippen molar-refractivity contribution < 1.29 is 4.79 Å². The summed E-state index contributed by atoms with van der Waals surface area (Å²) in [6, 6.07) is 0. The summed E-state index contributed by atoms with van der Waals surface area (Å²) in [4.78, 5) is 16.6. The predicted octanol–water partition coefficient (Wildman–Crippen LogP) is 2.01. The Hall–Kier alpha value is -1.17. The quantitative estimate of drug-likeness (QED) is 0.837. The molecule has 2 fully saturated rings. The smallest absolute Gasteiger partial charge is 0.225 e. The van der Waals surface area contributed by atoms with E-state index in [0.29, 0.717) is 5.91 Å². The first-order valence-corrected chi connectivity index (χ1v) is 8.28. The largest absolute Gasteiger partial charge is 0.346 e. The van der Waals surface area contributed by atoms with Crippen LogP contribution in [0.15, 0.2) is 5.51 Å². The van der Waals surface area contributed by atoms with E-state index >= 15 is 0 Å². The molecule has 1 aromatic heterocycles. The minimum atomic E-state index is 0.105. The van der Waals surface area contributed by atoms with Gasteiger partial charge in [0.2, 0.25) is 11.0 Å². The summed E-state index contributed by atoms with van der Waals surface area (Å²) < 4.78 is 0. The molecule has 3 rings (SSSR count). The molecule has 6 heteroatoms. The SMILES string of the molecule is CC(C)C(=O)N1CCC2(CCCN(c3nncs3)C2)C1. The van der Waals surface area contributed by atoms with Crippen molar-refractivity contribution in [2.75, 3.05) is 31.1 Å². The summed E-state index contributed by atoms with van der Waals surface area (Å²) in [6.07, 6.45) is 3.54. The van der Waals surface area contributed by atoms with Crippen molar-refractivity contribution in [2.24, 2.45) is 11.3 Å². The Balaban J connectivity index is 1.69. The van der Waals surface area contributed by atoms with E-state index in [1.54, 1.807) is 16.8 Å². The maximum Gasteiger partial charge on any atom is 0.225 e. The maximum atomic E-state index is 12.2. The van der Waals surface area contributed by atoms with Gasteiger partial charge in [-0.3, -0.25) is 4.79 Å². The predicted molar refractivity (Wildman–Crippen MR) is 79.8 cm³/mol. The molecule has 0 aromatic carbocycles. The van der Waals surface area contributed by atoms with Crippen molar-refractivity contribution in [3.63, 3.8) is 0 Å². The van der Waals surface area contributed by atoms with Crippen LogP contribution in [-0.4, -0.2) is 47.2 Å². The lowest BCUT2D eigenvalue weighted by molar-refractivity contribution is -0.133. The van der Waals surface area contributed by atoms with Gasteiger partial charge in [-0.05, 0) is 19.3 Å². The van der Waals surface area contributed by atoms with Crippen molar-refractivity contribution in [1.29, 1.82) is 0 Å². The van der Waals surface area contributed by atoms with Crippen molar-refractivity contribution in [1.82, 2.24) is 15.1 Å². The van der Waals surface area contributed by atoms with Crippen LogP contribution < -0.4 is 4.90 Å². The van der Waals surface area contributed by atoms with Gasteiger partial charge in [-0.25, -0.2) is 0 Å². The number of likely N-dealkylation sites (tertiary alicyclic amines) is 1. The lowest BCUT2D eigenvalue weighted by Crippen LogP contribution is -2.45. The molecule has 2 aliphatic rings. The van der Waals surface area contributed by atoms with Gasteiger partial charge in [-0.2, -0.15) is 0 Å². The standard InChI is InChI=1S/C14H22N4OS/c1-11(2)12(19)17-7-5-14(8-17)4-3-6-18(9-14)13-16-15-10-20-13/h10-11H,3-9H2,1-2H3. The molecule has 0 N–H and O–H groups in total. The Morgan fingerprint density at radius 3 is 2.90 bits per heavy atom. The normalized spacial score (nSPS) is 26.8. The van der Waals surface area contributed by atoms with Gasteiger partial charge in [0.05, 0.1) is 0 Å². The maximum absolute atomic E-state index is 12.2. The molecule has 2 aliphatic heterocycles. The van der Waals surface area contributed by atoms with E-state index in [-0.39, 0.29) is 11.3 Å². The number of amides is 1. The lowest BCUT2D eigenvalue weighted by atomic mass is 9.79. The fraction of sp³-hybridized carbons (Fsp3) is 0.786. The Labute approximate surface area is 124 Å². The van der Waals surface area contributed by atoms with Crippen molar-refractivity contribution in [2.45, 2.75) is 33.1 Å². The van der Waals surface area contributed by atoms with Crippen LogP contribution in [0.2, 0.25) is 0 Å². The zero-order valence-electron chi connectivity index (χ0n) is 12.2. The monoisotopic (exact) mass is 294 g/mol. The van der Waals surface area contributed by atoms with Gasteiger partial charge in [0.25, 0.3) is 0 Å². The van der Waals surface area contributed by atoms with E-state index in [1.807, 2.05) is 13.8 Å². The number of carbonyl (C=O) groups is 1. The Kier molecular flexibility index (Phi) is 3.67. The molecule has 1 spiro atoms. The molecule has 2 saturated heterocycles. The van der Waals surface area contributed by atoms with Crippen molar-refractivity contribution in [3.05, 3.63) is 5.51 Å². The van der Waals surface area contributed by atoms with E-state index in [0.717, 1.165) is 37.7 Å². The molecule has 20 heavy (non-hydrogen) atoms. The zero-order chi connectivity index (χ0) is 14.2. The molecule has 0 saturated carbocycles. The molecule has 5 nitrogen and oxygen atoms in total. The molecule has 0 bridgehead atoms. The van der Waals surface area contributed by atoms with E-state index in [4.69, 9.17) is 0 Å². The molecular formula is C14H22N4OS. The third kappa shape index (κ3) is 2.53. The molecular weight excluding hydrogens is 272 g/mol. The summed E-state index contributed by atoms with van der Waals surface area (Å²) in [5, 5.41) is 9.16. The molecule has 1 atom stereocenters. The average Bonchev–Trinajstić information content (AvgIpc) is 3.08. The Bertz CT molecular complexity index is 476. The number of anilines is 1. The molecule has 1 aromatic rings. The van der Waals surface area contributed by atoms with Crippen LogP contribution in [0.5, 0.6) is 0 Å². The van der Waals surface area contributed by atoms with E-state index in [2.05, 4.69) is 20.0 Å². The fourth-order valence-corrected chi connectivity index (χ4v) is 4.09. The minimum Gasteiger partial charge on any atom is -0.346 e. The summed E-state index contributed by atoms with van der Waals surface area (Å²) in [5.74, 6) is 0.405. The molecule has 0 radical (unpaired) electrons. The van der Waals surface area contributed by atoms with Gasteiger partial charge in [0, 0.05) is 37.5 Å². The number of rotatable bonds is 2. The third-order valence-corrected chi connectivity index (χ3v) is 5.27. The zero-order valence-corrected chi connectivity index (χ0v) is 13.0. The van der Waals surface area contributed by atoms with Crippen molar-refractivity contribution in [3.8, 4) is 0 Å². The minimum absolute atomic E-state index is 0.105. The van der Waals surface area contributed by atoms with Crippen LogP contribution in [0.3, 0.4) is 0 Å². The van der Waals surface area contributed by atoms with Crippen LogP contribution in [0.4, 0.5) is 5.13 Å². The van der Waals surface area contributed by atoms with Gasteiger partial charge >= 0.3 is 0 Å². The van der Waals surface area contributed by atoms with Crippen LogP contribution in [0.25, 0.3) is 0 Å². The highest BCUT2D eigenvalue weighted by Gasteiger charge is 2.43. The second-order valence-electron chi connectivity index (χ2n) is 6.41. The molecule has 1 amide bonds. The van der Waals surface area contributed by atoms with Crippen molar-refractivity contribution >= 4 is 22.4 Å². The molecule has 110 valence electrons. The first-order chi connectivity index (χ1) is 9.60. The highest BCUT2D eigenvalue weighted by molar-refractivity contribution is 7.13. The number of hydrogen-bond acceptors (Lipinski definition) is 5. The van der Waals surface area contributed by atoms with Crippen LogP contribution in [-0.2, 0) is 4.79 Å². The second-order valence-corrected chi connectivity index (χ2v) is 7.22. The number of hydrogen-bond donors (Lipinski definition) is 0. The second kappa shape index (κ2) is 5.31. The summed E-state index contributed by atoms with van der Waals surface area (Å²) in [6.45, 7) is 7.89. The van der Waals surface area contributed by atoms with E-state index < -0.39 is 0 Å². The summed E-state index contributed by atoms with van der Waals surface area (Å²) >= 11 is 1.61. The number of carbonyl (C=O) groups excluding carboxylic acids is 1. The topological polar surface area (TPSA) is 49.3 Å². The highest BCUT2D eigenvalue weighted by Crippen LogP contribution is 2.40. The summed E-state index contributed by atoms with van der Waals surface area (Å²) in [5.41, 5.74) is 2.06. The van der Waals surface area contributed by atoms with Crippen LogP contribution >= 0.6 is 11.3 Å². The number of nitrogens with zero attached hydrogens (tertiary/aromatic N) is 4. The molecule has 0 aliphatic carbocycles. The van der Waals surface area contributed by atoms with Gasteiger partial charge in [-0.1, -0.05) is 25.2 Å². The Morgan fingerprint density at radius 2 is 2.20 bits per heavy atom. The lowest BCUT2D eigenvalue weighted by Gasteiger charge is -2.40. The number of piperidine rings is 1. The van der Waals surface area contributed by atoms with E-state index in [9.17, 15) is 4.79 Å².